The quantitative estimate of drug-likeness (QED) is 0.843. The van der Waals surface area contributed by atoms with E-state index in [1.807, 2.05) is 13.8 Å². The highest BCUT2D eigenvalue weighted by molar-refractivity contribution is 6.22. The molecular formula is C18H22N2O3. The maximum Gasteiger partial charge on any atom is 0.256 e. The highest BCUT2D eigenvalue weighted by Crippen LogP contribution is 2.32. The number of rotatable bonds is 2. The number of fused-ring (bicyclic) bond motifs is 2. The maximum absolute atomic E-state index is 13.0. The van der Waals surface area contributed by atoms with Gasteiger partial charge in [0.05, 0.1) is 11.3 Å². The monoisotopic (exact) mass is 314 g/mol. The number of benzene rings is 1. The predicted octanol–water partition coefficient (Wildman–Crippen LogP) is 2.60. The van der Waals surface area contributed by atoms with Crippen LogP contribution in [-0.2, 0) is 9.59 Å². The number of imide groups is 1. The molecule has 23 heavy (non-hydrogen) atoms. The summed E-state index contributed by atoms with van der Waals surface area (Å²) >= 11 is 0. The lowest BCUT2D eigenvalue weighted by molar-refractivity contribution is -0.130. The van der Waals surface area contributed by atoms with Crippen molar-refractivity contribution in [2.24, 2.45) is 5.92 Å². The van der Waals surface area contributed by atoms with Gasteiger partial charge in [0.1, 0.15) is 6.04 Å². The third-order valence-corrected chi connectivity index (χ3v) is 4.48. The summed E-state index contributed by atoms with van der Waals surface area (Å²) < 4.78 is 0. The largest absolute Gasteiger partial charge is 0.327 e. The molecule has 1 aromatic carbocycles. The van der Waals surface area contributed by atoms with Gasteiger partial charge in [-0.15, -0.1) is 0 Å². The minimum atomic E-state index is -0.514. The Morgan fingerprint density at radius 1 is 1.22 bits per heavy atom. The Balaban J connectivity index is 2.10. The van der Waals surface area contributed by atoms with Crippen LogP contribution in [0.25, 0.3) is 0 Å². The van der Waals surface area contributed by atoms with Crippen LogP contribution in [0.2, 0.25) is 0 Å². The third kappa shape index (κ3) is 2.76. The Labute approximate surface area is 136 Å². The SMILES string of the molecule is CC(C)CC(=O)N1C(=O)[C@@H]2CCCCN2C(=O)c2ccccc21. The summed E-state index contributed by atoms with van der Waals surface area (Å²) in [5.41, 5.74) is 0.880. The average molecular weight is 314 g/mol. The molecule has 0 aromatic heterocycles. The van der Waals surface area contributed by atoms with E-state index in [1.54, 1.807) is 29.2 Å². The molecule has 0 unspecified atom stereocenters. The first kappa shape index (κ1) is 15.7. The highest BCUT2D eigenvalue weighted by Gasteiger charge is 2.42. The van der Waals surface area contributed by atoms with Gasteiger partial charge in [0.15, 0.2) is 0 Å². The molecule has 3 amide bonds. The van der Waals surface area contributed by atoms with Gasteiger partial charge < -0.3 is 4.90 Å². The third-order valence-electron chi connectivity index (χ3n) is 4.48. The summed E-state index contributed by atoms with van der Waals surface area (Å²) in [7, 11) is 0. The first-order valence-corrected chi connectivity index (χ1v) is 8.27. The molecule has 0 bridgehead atoms. The van der Waals surface area contributed by atoms with E-state index in [-0.39, 0.29) is 23.6 Å². The Bertz CT molecular complexity index is 653. The zero-order valence-corrected chi connectivity index (χ0v) is 13.6. The molecule has 0 saturated carbocycles. The fraction of sp³-hybridized carbons (Fsp3) is 0.500. The van der Waals surface area contributed by atoms with Crippen molar-refractivity contribution in [1.82, 2.24) is 4.90 Å². The van der Waals surface area contributed by atoms with Gasteiger partial charge in [0, 0.05) is 13.0 Å². The Morgan fingerprint density at radius 3 is 2.70 bits per heavy atom. The summed E-state index contributed by atoms with van der Waals surface area (Å²) in [6.45, 7) is 4.48. The Kier molecular flexibility index (Phi) is 4.20. The van der Waals surface area contributed by atoms with Crippen LogP contribution in [0.4, 0.5) is 5.69 Å². The number of hydrogen-bond acceptors (Lipinski definition) is 3. The van der Waals surface area contributed by atoms with Crippen LogP contribution < -0.4 is 4.90 Å². The summed E-state index contributed by atoms with van der Waals surface area (Å²) in [4.78, 5) is 41.5. The van der Waals surface area contributed by atoms with E-state index in [4.69, 9.17) is 0 Å². The highest BCUT2D eigenvalue weighted by atomic mass is 16.2. The molecule has 122 valence electrons. The van der Waals surface area contributed by atoms with Gasteiger partial charge in [-0.2, -0.15) is 0 Å². The zero-order valence-electron chi connectivity index (χ0n) is 13.6. The standard InChI is InChI=1S/C18H22N2O3/c1-12(2)11-16(21)20-14-8-4-3-7-13(14)17(22)19-10-6-5-9-15(19)18(20)23/h3-4,7-8,12,15H,5-6,9-11H2,1-2H3/t15-/m0/s1. The normalized spacial score (nSPS) is 21.1. The molecule has 1 saturated heterocycles. The molecule has 3 rings (SSSR count). The number of carbonyl (C=O) groups is 3. The van der Waals surface area contributed by atoms with E-state index < -0.39 is 6.04 Å². The smallest absolute Gasteiger partial charge is 0.256 e. The van der Waals surface area contributed by atoms with Crippen molar-refractivity contribution in [2.75, 3.05) is 11.4 Å². The molecule has 0 aliphatic carbocycles. The van der Waals surface area contributed by atoms with E-state index in [0.717, 1.165) is 12.8 Å². The molecule has 1 aromatic rings. The molecule has 2 aliphatic heterocycles. The molecule has 5 heteroatoms. The average Bonchev–Trinajstić information content (AvgIpc) is 2.62. The molecule has 0 radical (unpaired) electrons. The second-order valence-corrected chi connectivity index (χ2v) is 6.69. The number of para-hydroxylation sites is 1. The fourth-order valence-corrected chi connectivity index (χ4v) is 3.40. The second kappa shape index (κ2) is 6.14. The Hall–Kier alpha value is -2.17. The summed E-state index contributed by atoms with van der Waals surface area (Å²) in [5.74, 6) is -0.464. The van der Waals surface area contributed by atoms with Crippen LogP contribution in [0, 0.1) is 5.92 Å². The number of nitrogens with zero attached hydrogens (tertiary/aromatic N) is 2. The van der Waals surface area contributed by atoms with Crippen molar-refractivity contribution in [3.05, 3.63) is 29.8 Å². The van der Waals surface area contributed by atoms with Crippen LogP contribution in [-0.4, -0.2) is 35.2 Å². The maximum atomic E-state index is 13.0. The molecule has 1 atom stereocenters. The topological polar surface area (TPSA) is 57.7 Å². The molecule has 0 N–H and O–H groups in total. The van der Waals surface area contributed by atoms with Gasteiger partial charge >= 0.3 is 0 Å². The van der Waals surface area contributed by atoms with Crippen molar-refractivity contribution < 1.29 is 14.4 Å². The second-order valence-electron chi connectivity index (χ2n) is 6.69. The first-order valence-electron chi connectivity index (χ1n) is 8.27. The number of carbonyl (C=O) groups excluding carboxylic acids is 3. The number of amides is 3. The van der Waals surface area contributed by atoms with Gasteiger partial charge in [-0.1, -0.05) is 26.0 Å². The summed E-state index contributed by atoms with van der Waals surface area (Å²) in [6.07, 6.45) is 2.73. The van der Waals surface area contributed by atoms with E-state index in [9.17, 15) is 14.4 Å². The molecule has 0 spiro atoms. The minimum absolute atomic E-state index is 0.140. The fourth-order valence-electron chi connectivity index (χ4n) is 3.40. The minimum Gasteiger partial charge on any atom is -0.327 e. The van der Waals surface area contributed by atoms with E-state index in [1.165, 1.54) is 4.90 Å². The molecule has 1 fully saturated rings. The molecule has 2 aliphatic rings. The van der Waals surface area contributed by atoms with Crippen molar-refractivity contribution in [2.45, 2.75) is 45.6 Å². The van der Waals surface area contributed by atoms with Gasteiger partial charge in [0.2, 0.25) is 5.91 Å². The van der Waals surface area contributed by atoms with Crippen LogP contribution in [0.3, 0.4) is 0 Å². The lowest BCUT2D eigenvalue weighted by Gasteiger charge is -2.34. The lowest BCUT2D eigenvalue weighted by atomic mass is 10.0. The van der Waals surface area contributed by atoms with Crippen molar-refractivity contribution in [3.63, 3.8) is 0 Å². The lowest BCUT2D eigenvalue weighted by Crippen LogP contribution is -2.52. The van der Waals surface area contributed by atoms with Gasteiger partial charge in [-0.05, 0) is 37.3 Å². The molecule has 2 heterocycles. The van der Waals surface area contributed by atoms with E-state index in [2.05, 4.69) is 0 Å². The van der Waals surface area contributed by atoms with Gasteiger partial charge in [0.25, 0.3) is 11.8 Å². The molecule has 5 nitrogen and oxygen atoms in total. The van der Waals surface area contributed by atoms with E-state index in [0.29, 0.717) is 30.6 Å². The van der Waals surface area contributed by atoms with Crippen LogP contribution in [0.5, 0.6) is 0 Å². The van der Waals surface area contributed by atoms with Crippen LogP contribution in [0.15, 0.2) is 24.3 Å². The van der Waals surface area contributed by atoms with Crippen molar-refractivity contribution in [3.8, 4) is 0 Å². The zero-order chi connectivity index (χ0) is 16.6. The first-order chi connectivity index (χ1) is 11.0. The summed E-state index contributed by atoms with van der Waals surface area (Å²) in [5, 5.41) is 0. The molecular weight excluding hydrogens is 292 g/mol. The van der Waals surface area contributed by atoms with Gasteiger partial charge in [-0.3, -0.25) is 14.4 Å². The number of piperidine rings is 1. The van der Waals surface area contributed by atoms with Crippen molar-refractivity contribution >= 4 is 23.4 Å². The van der Waals surface area contributed by atoms with Crippen LogP contribution in [0.1, 0.15) is 49.9 Å². The van der Waals surface area contributed by atoms with Gasteiger partial charge in [-0.25, -0.2) is 4.90 Å². The number of anilines is 1. The number of hydrogen-bond donors (Lipinski definition) is 0. The van der Waals surface area contributed by atoms with E-state index >= 15 is 0 Å². The van der Waals surface area contributed by atoms with Crippen molar-refractivity contribution in [1.29, 1.82) is 0 Å². The summed E-state index contributed by atoms with van der Waals surface area (Å²) in [6, 6.07) is 6.43. The predicted molar refractivity (Wildman–Crippen MR) is 87.1 cm³/mol. The van der Waals surface area contributed by atoms with Crippen LogP contribution >= 0.6 is 0 Å². The Morgan fingerprint density at radius 2 is 1.96 bits per heavy atom.